The smallest absolute Gasteiger partial charge is 0.311 e. The number of amides is 1. The summed E-state index contributed by atoms with van der Waals surface area (Å²) in [5, 5.41) is 13.6. The molecule has 1 amide bonds. The van der Waals surface area contributed by atoms with E-state index in [-0.39, 0.29) is 18.1 Å². The molecule has 1 fully saturated rings. The number of benzene rings is 1. The zero-order chi connectivity index (χ0) is 19.2. The Balaban J connectivity index is 1.96. The van der Waals surface area contributed by atoms with Crippen LogP contribution >= 0.6 is 0 Å². The summed E-state index contributed by atoms with van der Waals surface area (Å²) in [6.45, 7) is 5.31. The van der Waals surface area contributed by atoms with E-state index >= 15 is 0 Å². The van der Waals surface area contributed by atoms with Gasteiger partial charge in [0.05, 0.1) is 22.4 Å². The van der Waals surface area contributed by atoms with Crippen molar-refractivity contribution < 1.29 is 23.5 Å². The zero-order valence-corrected chi connectivity index (χ0v) is 14.7. The quantitative estimate of drug-likeness (QED) is 0.910. The van der Waals surface area contributed by atoms with E-state index in [1.54, 1.807) is 20.8 Å². The summed E-state index contributed by atoms with van der Waals surface area (Å²) in [6.07, 6.45) is 0.368. The fourth-order valence-corrected chi connectivity index (χ4v) is 3.31. The Bertz CT molecular complexity index is 909. The molecule has 1 N–H and O–H groups in total. The Labute approximate surface area is 149 Å². The maximum Gasteiger partial charge on any atom is 0.311 e. The summed E-state index contributed by atoms with van der Waals surface area (Å²) in [6, 6.07) is 3.14. The van der Waals surface area contributed by atoms with E-state index in [9.17, 15) is 23.5 Å². The molecule has 1 aliphatic rings. The van der Waals surface area contributed by atoms with Gasteiger partial charge in [0, 0.05) is 19.2 Å². The molecule has 6 nitrogen and oxygen atoms in total. The minimum absolute atomic E-state index is 0.0443. The van der Waals surface area contributed by atoms with Gasteiger partial charge >= 0.3 is 5.97 Å². The molecule has 1 atom stereocenters. The maximum atomic E-state index is 14.1. The van der Waals surface area contributed by atoms with Crippen LogP contribution in [0, 0.1) is 30.9 Å². The molecular weight excluding hydrogens is 344 g/mol. The number of carboxylic acid groups (broad SMARTS) is 1. The first kappa shape index (κ1) is 18.0. The molecule has 0 radical (unpaired) electrons. The normalized spacial score (nSPS) is 19.8. The number of aromatic nitrogens is 2. The van der Waals surface area contributed by atoms with Crippen LogP contribution in [-0.4, -0.2) is 44.8 Å². The predicted octanol–water partition coefficient (Wildman–Crippen LogP) is 2.70. The Morgan fingerprint density at radius 1 is 1.27 bits per heavy atom. The lowest BCUT2D eigenvalue weighted by Crippen LogP contribution is -2.35. The average Bonchev–Trinajstić information content (AvgIpc) is 3.09. The minimum atomic E-state index is -0.976. The van der Waals surface area contributed by atoms with Gasteiger partial charge in [-0.05, 0) is 39.3 Å². The molecule has 0 bridgehead atoms. The van der Waals surface area contributed by atoms with Crippen molar-refractivity contribution in [3.05, 3.63) is 46.8 Å². The molecule has 0 saturated carbocycles. The lowest BCUT2D eigenvalue weighted by molar-refractivity contribution is -0.147. The monoisotopic (exact) mass is 363 g/mol. The van der Waals surface area contributed by atoms with Crippen molar-refractivity contribution in [2.45, 2.75) is 27.2 Å². The molecule has 3 rings (SSSR count). The van der Waals surface area contributed by atoms with Gasteiger partial charge in [-0.2, -0.15) is 5.10 Å². The number of halogens is 2. The van der Waals surface area contributed by atoms with Crippen molar-refractivity contribution >= 4 is 11.9 Å². The molecule has 1 aromatic carbocycles. The van der Waals surface area contributed by atoms with Crippen molar-refractivity contribution in [3.8, 4) is 5.69 Å². The fraction of sp³-hybridized carbons (Fsp3) is 0.389. The number of aliphatic carboxylic acids is 1. The van der Waals surface area contributed by atoms with Crippen LogP contribution in [-0.2, 0) is 4.79 Å². The second kappa shape index (κ2) is 6.19. The summed E-state index contributed by atoms with van der Waals surface area (Å²) in [5.74, 6) is -2.76. The van der Waals surface area contributed by atoms with E-state index in [2.05, 4.69) is 5.10 Å². The number of carbonyl (C=O) groups is 2. The topological polar surface area (TPSA) is 75.4 Å². The number of nitrogens with zero attached hydrogens (tertiary/aromatic N) is 3. The third-order valence-corrected chi connectivity index (χ3v) is 4.92. The number of carboxylic acids is 1. The highest BCUT2D eigenvalue weighted by Gasteiger charge is 2.43. The highest BCUT2D eigenvalue weighted by Crippen LogP contribution is 2.32. The molecule has 8 heteroatoms. The predicted molar refractivity (Wildman–Crippen MR) is 89.2 cm³/mol. The van der Waals surface area contributed by atoms with E-state index in [0.29, 0.717) is 29.9 Å². The molecular formula is C18H19F2N3O3. The molecule has 26 heavy (non-hydrogen) atoms. The van der Waals surface area contributed by atoms with E-state index in [1.165, 1.54) is 15.6 Å². The van der Waals surface area contributed by atoms with E-state index in [1.807, 2.05) is 0 Å². The first-order valence-corrected chi connectivity index (χ1v) is 8.18. The molecule has 1 unspecified atom stereocenters. The van der Waals surface area contributed by atoms with Gasteiger partial charge in [0.2, 0.25) is 0 Å². The number of likely N-dealkylation sites (tertiary alicyclic amines) is 1. The summed E-state index contributed by atoms with van der Waals surface area (Å²) in [7, 11) is 0. The summed E-state index contributed by atoms with van der Waals surface area (Å²) >= 11 is 0. The van der Waals surface area contributed by atoms with Gasteiger partial charge in [0.15, 0.2) is 5.82 Å². The summed E-state index contributed by atoms with van der Waals surface area (Å²) in [5.41, 5.74) is 0.199. The van der Waals surface area contributed by atoms with Gasteiger partial charge in [-0.15, -0.1) is 0 Å². The van der Waals surface area contributed by atoms with E-state index < -0.39 is 23.0 Å². The van der Waals surface area contributed by atoms with Gasteiger partial charge in [-0.3, -0.25) is 9.59 Å². The largest absolute Gasteiger partial charge is 0.481 e. The van der Waals surface area contributed by atoms with Crippen LogP contribution in [0.2, 0.25) is 0 Å². The highest BCUT2D eigenvalue weighted by atomic mass is 19.1. The number of aryl methyl sites for hydroxylation is 1. The number of carbonyl (C=O) groups excluding carboxylic acids is 1. The first-order valence-electron chi connectivity index (χ1n) is 8.18. The SMILES string of the molecule is Cc1nn(-c2ccc(F)cc2F)c(C)c1C(=O)N1CCC(C)(C(=O)O)C1. The van der Waals surface area contributed by atoms with Gasteiger partial charge in [0.25, 0.3) is 5.91 Å². The van der Waals surface area contributed by atoms with Crippen LogP contribution < -0.4 is 0 Å². The Kier molecular flexibility index (Phi) is 4.29. The Morgan fingerprint density at radius 2 is 1.96 bits per heavy atom. The average molecular weight is 363 g/mol. The van der Waals surface area contributed by atoms with Crippen molar-refractivity contribution in [1.82, 2.24) is 14.7 Å². The molecule has 0 aliphatic carbocycles. The Morgan fingerprint density at radius 3 is 2.54 bits per heavy atom. The van der Waals surface area contributed by atoms with Gasteiger partial charge < -0.3 is 10.0 Å². The Hall–Kier alpha value is -2.77. The fourth-order valence-electron chi connectivity index (χ4n) is 3.31. The summed E-state index contributed by atoms with van der Waals surface area (Å²) in [4.78, 5) is 25.8. The third-order valence-electron chi connectivity index (χ3n) is 4.92. The van der Waals surface area contributed by atoms with E-state index in [4.69, 9.17) is 0 Å². The van der Waals surface area contributed by atoms with Crippen LogP contribution in [0.1, 0.15) is 35.1 Å². The second-order valence-electron chi connectivity index (χ2n) is 6.90. The number of rotatable bonds is 3. The van der Waals surface area contributed by atoms with Crippen LogP contribution in [0.3, 0.4) is 0 Å². The molecule has 1 aromatic heterocycles. The van der Waals surface area contributed by atoms with Gasteiger partial charge in [-0.25, -0.2) is 13.5 Å². The standard InChI is InChI=1S/C18H19F2N3O3/c1-10-15(16(24)22-7-6-18(3,9-22)17(25)26)11(2)23(21-10)14-5-4-12(19)8-13(14)20/h4-5,8H,6-7,9H2,1-3H3,(H,25,26). The second-order valence-corrected chi connectivity index (χ2v) is 6.90. The first-order chi connectivity index (χ1) is 12.1. The van der Waals surface area contributed by atoms with Crippen LogP contribution in [0.15, 0.2) is 18.2 Å². The minimum Gasteiger partial charge on any atom is -0.481 e. The third kappa shape index (κ3) is 2.85. The molecule has 2 heterocycles. The van der Waals surface area contributed by atoms with Crippen LogP contribution in [0.25, 0.3) is 5.69 Å². The molecule has 2 aromatic rings. The molecule has 138 valence electrons. The van der Waals surface area contributed by atoms with E-state index in [0.717, 1.165) is 12.1 Å². The molecule has 1 aliphatic heterocycles. The van der Waals surface area contributed by atoms with Gasteiger partial charge in [-0.1, -0.05) is 0 Å². The van der Waals surface area contributed by atoms with Crippen LogP contribution in [0.5, 0.6) is 0 Å². The van der Waals surface area contributed by atoms with Crippen molar-refractivity contribution in [2.75, 3.05) is 13.1 Å². The van der Waals surface area contributed by atoms with Crippen molar-refractivity contribution in [3.63, 3.8) is 0 Å². The van der Waals surface area contributed by atoms with Crippen molar-refractivity contribution in [1.29, 1.82) is 0 Å². The van der Waals surface area contributed by atoms with Crippen LogP contribution in [0.4, 0.5) is 8.78 Å². The van der Waals surface area contributed by atoms with Crippen molar-refractivity contribution in [2.24, 2.45) is 5.41 Å². The highest BCUT2D eigenvalue weighted by molar-refractivity contribution is 5.97. The number of hydrogen-bond acceptors (Lipinski definition) is 3. The molecule has 1 saturated heterocycles. The zero-order valence-electron chi connectivity index (χ0n) is 14.7. The maximum absolute atomic E-state index is 14.1. The molecule has 0 spiro atoms. The lowest BCUT2D eigenvalue weighted by Gasteiger charge is -2.20. The number of hydrogen-bond donors (Lipinski definition) is 1. The van der Waals surface area contributed by atoms with Gasteiger partial charge in [0.1, 0.15) is 11.5 Å². The summed E-state index contributed by atoms with van der Waals surface area (Å²) < 4.78 is 28.5. The lowest BCUT2D eigenvalue weighted by atomic mass is 9.90.